The predicted molar refractivity (Wildman–Crippen MR) is 85.5 cm³/mol. The molecule has 2 N–H and O–H groups in total. The molecule has 2 atom stereocenters. The highest BCUT2D eigenvalue weighted by atomic mass is 16.5. The molecule has 0 radical (unpaired) electrons. The lowest BCUT2D eigenvalue weighted by molar-refractivity contribution is -0.143. The summed E-state index contributed by atoms with van der Waals surface area (Å²) in [7, 11) is 0. The summed E-state index contributed by atoms with van der Waals surface area (Å²) in [6.07, 6.45) is 1.45. The molecule has 6 heteroatoms. The third-order valence-corrected chi connectivity index (χ3v) is 3.20. The van der Waals surface area contributed by atoms with Gasteiger partial charge in [-0.1, -0.05) is 18.2 Å². The van der Waals surface area contributed by atoms with Crippen LogP contribution in [0.15, 0.2) is 36.9 Å². The molecule has 2 unspecified atom stereocenters. The topological polar surface area (TPSA) is 92.7 Å². The minimum atomic E-state index is -1.11. The van der Waals surface area contributed by atoms with Crippen molar-refractivity contribution < 1.29 is 24.2 Å². The molecular formula is C17H21NO5. The highest BCUT2D eigenvalue weighted by Crippen LogP contribution is 2.15. The van der Waals surface area contributed by atoms with E-state index in [0.29, 0.717) is 17.7 Å². The molecule has 6 nitrogen and oxygen atoms in total. The zero-order chi connectivity index (χ0) is 17.4. The van der Waals surface area contributed by atoms with Crippen LogP contribution in [0.4, 0.5) is 0 Å². The van der Waals surface area contributed by atoms with Crippen LogP contribution in [0.3, 0.4) is 0 Å². The fraction of sp³-hybridized carbons (Fsp3) is 0.353. The Balaban J connectivity index is 2.69. The number of rotatable bonds is 9. The van der Waals surface area contributed by atoms with Crippen molar-refractivity contribution in [2.45, 2.75) is 38.8 Å². The number of nitrogens with one attached hydrogen (secondary N) is 1. The van der Waals surface area contributed by atoms with Crippen molar-refractivity contribution in [3.63, 3.8) is 0 Å². The lowest BCUT2D eigenvalue weighted by Crippen LogP contribution is -2.46. The summed E-state index contributed by atoms with van der Waals surface area (Å²) in [5.41, 5.74) is 0.476. The molecule has 23 heavy (non-hydrogen) atoms. The summed E-state index contributed by atoms with van der Waals surface area (Å²) in [5, 5.41) is 11.5. The van der Waals surface area contributed by atoms with Crippen LogP contribution in [0, 0.1) is 0 Å². The maximum absolute atomic E-state index is 12.1. The van der Waals surface area contributed by atoms with Crippen molar-refractivity contribution in [3.05, 3.63) is 42.5 Å². The fourth-order valence-electron chi connectivity index (χ4n) is 1.88. The molecule has 0 spiro atoms. The standard InChI is InChI=1S/C17H21NO5/c1-4-5-9-15(17(21)22)18-16(20)12(3)23-14-8-6-7-13(10-14)11(2)19/h4,6-8,10,12,15H,1,5,9H2,2-3H3,(H,18,20)(H,21,22). The first-order chi connectivity index (χ1) is 10.8. The van der Waals surface area contributed by atoms with Gasteiger partial charge in [0.2, 0.25) is 0 Å². The Morgan fingerprint density at radius 1 is 1.39 bits per heavy atom. The van der Waals surface area contributed by atoms with Gasteiger partial charge in [-0.05, 0) is 38.8 Å². The molecule has 0 fully saturated rings. The average molecular weight is 319 g/mol. The molecule has 0 saturated heterocycles. The SMILES string of the molecule is C=CCCC(NC(=O)C(C)Oc1cccc(C(C)=O)c1)C(=O)O. The monoisotopic (exact) mass is 319 g/mol. The Kier molecular flexibility index (Phi) is 6.99. The summed E-state index contributed by atoms with van der Waals surface area (Å²) in [6.45, 7) is 6.48. The molecule has 0 aliphatic carbocycles. The van der Waals surface area contributed by atoms with Gasteiger partial charge in [-0.25, -0.2) is 4.79 Å². The van der Waals surface area contributed by atoms with Crippen molar-refractivity contribution in [1.82, 2.24) is 5.32 Å². The normalized spacial score (nSPS) is 12.8. The van der Waals surface area contributed by atoms with Crippen LogP contribution < -0.4 is 10.1 Å². The minimum absolute atomic E-state index is 0.108. The first-order valence-electron chi connectivity index (χ1n) is 7.27. The second-order valence-electron chi connectivity index (χ2n) is 5.11. The van der Waals surface area contributed by atoms with Crippen molar-refractivity contribution in [2.75, 3.05) is 0 Å². The van der Waals surface area contributed by atoms with E-state index in [2.05, 4.69) is 11.9 Å². The van der Waals surface area contributed by atoms with Gasteiger partial charge in [0.25, 0.3) is 5.91 Å². The van der Waals surface area contributed by atoms with Crippen molar-refractivity contribution in [3.8, 4) is 5.75 Å². The number of ether oxygens (including phenoxy) is 1. The van der Waals surface area contributed by atoms with Crippen LogP contribution in [-0.4, -0.2) is 34.9 Å². The first kappa shape index (κ1) is 18.4. The van der Waals surface area contributed by atoms with Crippen LogP contribution in [-0.2, 0) is 9.59 Å². The summed E-state index contributed by atoms with van der Waals surface area (Å²) >= 11 is 0. The first-order valence-corrected chi connectivity index (χ1v) is 7.27. The fourth-order valence-corrected chi connectivity index (χ4v) is 1.88. The van der Waals surface area contributed by atoms with Gasteiger partial charge < -0.3 is 15.2 Å². The third-order valence-electron chi connectivity index (χ3n) is 3.20. The summed E-state index contributed by atoms with van der Waals surface area (Å²) < 4.78 is 5.47. The van der Waals surface area contributed by atoms with Gasteiger partial charge in [0.05, 0.1) is 0 Å². The number of allylic oxidation sites excluding steroid dienone is 1. The van der Waals surface area contributed by atoms with Crippen molar-refractivity contribution in [2.24, 2.45) is 0 Å². The Bertz CT molecular complexity index is 596. The molecule has 1 rings (SSSR count). The molecule has 0 bridgehead atoms. The summed E-state index contributed by atoms with van der Waals surface area (Å²) in [6, 6.07) is 5.48. The van der Waals surface area contributed by atoms with E-state index in [1.807, 2.05) is 0 Å². The zero-order valence-electron chi connectivity index (χ0n) is 13.2. The third kappa shape index (κ3) is 5.94. The smallest absolute Gasteiger partial charge is 0.326 e. The van der Waals surface area contributed by atoms with Crippen LogP contribution in [0.1, 0.15) is 37.0 Å². The highest BCUT2D eigenvalue weighted by Gasteiger charge is 2.23. The molecule has 0 aliphatic rings. The Labute approximate surface area is 135 Å². The zero-order valence-corrected chi connectivity index (χ0v) is 13.2. The number of aliphatic carboxylic acids is 1. The molecule has 1 amide bonds. The molecule has 0 aliphatic heterocycles. The Hall–Kier alpha value is -2.63. The van der Waals surface area contributed by atoms with Crippen LogP contribution >= 0.6 is 0 Å². The van der Waals surface area contributed by atoms with E-state index in [9.17, 15) is 14.4 Å². The molecule has 0 heterocycles. The van der Waals surface area contributed by atoms with E-state index in [1.54, 1.807) is 30.3 Å². The second kappa shape index (κ2) is 8.73. The number of benzene rings is 1. The minimum Gasteiger partial charge on any atom is -0.481 e. The van der Waals surface area contributed by atoms with Gasteiger partial charge in [0, 0.05) is 5.56 Å². The van der Waals surface area contributed by atoms with Crippen molar-refractivity contribution >= 4 is 17.7 Å². The molecule has 0 aromatic heterocycles. The molecule has 0 saturated carbocycles. The van der Waals surface area contributed by atoms with Gasteiger partial charge in [-0.3, -0.25) is 9.59 Å². The van der Waals surface area contributed by atoms with Crippen molar-refractivity contribution in [1.29, 1.82) is 0 Å². The van der Waals surface area contributed by atoms with Gasteiger partial charge in [0.1, 0.15) is 11.8 Å². The molecular weight excluding hydrogens is 298 g/mol. The Morgan fingerprint density at radius 2 is 2.09 bits per heavy atom. The maximum atomic E-state index is 12.1. The molecule has 1 aromatic carbocycles. The average Bonchev–Trinajstić information content (AvgIpc) is 2.51. The van der Waals surface area contributed by atoms with E-state index in [0.717, 1.165) is 0 Å². The second-order valence-corrected chi connectivity index (χ2v) is 5.11. The van der Waals surface area contributed by atoms with E-state index in [4.69, 9.17) is 9.84 Å². The van der Waals surface area contributed by atoms with E-state index in [-0.39, 0.29) is 12.2 Å². The predicted octanol–water partition coefficient (Wildman–Crippen LogP) is 2.19. The number of amides is 1. The summed E-state index contributed by atoms with van der Waals surface area (Å²) in [5.74, 6) is -1.37. The largest absolute Gasteiger partial charge is 0.481 e. The van der Waals surface area contributed by atoms with Crippen LogP contribution in [0.25, 0.3) is 0 Å². The lowest BCUT2D eigenvalue weighted by atomic mass is 10.1. The van der Waals surface area contributed by atoms with Gasteiger partial charge in [0.15, 0.2) is 11.9 Å². The van der Waals surface area contributed by atoms with E-state index < -0.39 is 24.0 Å². The quantitative estimate of drug-likeness (QED) is 0.537. The number of ketones is 1. The number of carboxylic acid groups (broad SMARTS) is 1. The maximum Gasteiger partial charge on any atom is 0.326 e. The number of carbonyl (C=O) groups is 3. The highest BCUT2D eigenvalue weighted by molar-refractivity contribution is 5.94. The van der Waals surface area contributed by atoms with Gasteiger partial charge in [-0.15, -0.1) is 6.58 Å². The van der Waals surface area contributed by atoms with Gasteiger partial charge in [-0.2, -0.15) is 0 Å². The number of Topliss-reactive ketones (excluding diaryl/α,β-unsaturated/α-hetero) is 1. The van der Waals surface area contributed by atoms with E-state index in [1.165, 1.54) is 13.8 Å². The molecule has 1 aromatic rings. The number of carbonyl (C=O) groups excluding carboxylic acids is 2. The number of carboxylic acids is 1. The van der Waals surface area contributed by atoms with E-state index >= 15 is 0 Å². The lowest BCUT2D eigenvalue weighted by Gasteiger charge is -2.18. The molecule has 124 valence electrons. The Morgan fingerprint density at radius 3 is 2.65 bits per heavy atom. The van der Waals surface area contributed by atoms with Gasteiger partial charge >= 0.3 is 5.97 Å². The number of hydrogen-bond acceptors (Lipinski definition) is 4. The summed E-state index contributed by atoms with van der Waals surface area (Å²) in [4.78, 5) is 34.5. The van der Waals surface area contributed by atoms with Crippen LogP contribution in [0.5, 0.6) is 5.75 Å². The van der Waals surface area contributed by atoms with Crippen LogP contribution in [0.2, 0.25) is 0 Å². The number of hydrogen-bond donors (Lipinski definition) is 2.